The van der Waals surface area contributed by atoms with E-state index in [0.717, 1.165) is 12.0 Å². The van der Waals surface area contributed by atoms with E-state index in [-0.39, 0.29) is 12.1 Å². The van der Waals surface area contributed by atoms with Gasteiger partial charge >= 0.3 is 5.97 Å². The molecule has 0 radical (unpaired) electrons. The van der Waals surface area contributed by atoms with Gasteiger partial charge in [0.15, 0.2) is 0 Å². The molecule has 1 aromatic rings. The molecular formula is C23H28O4. The summed E-state index contributed by atoms with van der Waals surface area (Å²) >= 11 is 0. The van der Waals surface area contributed by atoms with Crippen molar-refractivity contribution < 1.29 is 19.7 Å². The number of esters is 1. The number of aliphatic hydroxyl groups is 2. The Morgan fingerprint density at radius 1 is 1.11 bits per heavy atom. The Kier molecular flexibility index (Phi) is 9.31. The van der Waals surface area contributed by atoms with Crippen LogP contribution in [0.5, 0.6) is 0 Å². The maximum absolute atomic E-state index is 11.1. The summed E-state index contributed by atoms with van der Waals surface area (Å²) in [5.41, 5.74) is 1.14. The van der Waals surface area contributed by atoms with E-state index in [1.165, 1.54) is 6.08 Å². The first-order chi connectivity index (χ1) is 13.1. The van der Waals surface area contributed by atoms with Gasteiger partial charge in [-0.05, 0) is 37.3 Å². The molecule has 1 heterocycles. The molecule has 0 saturated carbocycles. The smallest absolute Gasteiger partial charge is 0.331 e. The second-order valence-electron chi connectivity index (χ2n) is 6.60. The molecule has 1 aliphatic heterocycles. The van der Waals surface area contributed by atoms with E-state index in [2.05, 4.69) is 0 Å². The molecule has 3 atom stereocenters. The zero-order valence-electron chi connectivity index (χ0n) is 15.5. The van der Waals surface area contributed by atoms with Crippen LogP contribution in [0.15, 0.2) is 72.9 Å². The molecule has 2 rings (SSSR count). The molecule has 27 heavy (non-hydrogen) atoms. The lowest BCUT2D eigenvalue weighted by atomic mass is 10.0. The lowest BCUT2D eigenvalue weighted by molar-refractivity contribution is -0.141. The molecule has 2 N–H and O–H groups in total. The zero-order valence-corrected chi connectivity index (χ0v) is 15.5. The molecule has 0 unspecified atom stereocenters. The average molecular weight is 368 g/mol. The van der Waals surface area contributed by atoms with Crippen LogP contribution in [0.4, 0.5) is 0 Å². The number of hydrogen-bond acceptors (Lipinski definition) is 4. The number of aliphatic hydroxyl groups excluding tert-OH is 2. The summed E-state index contributed by atoms with van der Waals surface area (Å²) in [6, 6.07) is 10.0. The van der Waals surface area contributed by atoms with E-state index in [1.54, 1.807) is 6.08 Å². The zero-order chi connectivity index (χ0) is 19.3. The van der Waals surface area contributed by atoms with Crippen LogP contribution in [0.3, 0.4) is 0 Å². The second kappa shape index (κ2) is 12.0. The van der Waals surface area contributed by atoms with Crippen LogP contribution in [0.2, 0.25) is 0 Å². The van der Waals surface area contributed by atoms with Crippen molar-refractivity contribution in [3.05, 3.63) is 78.4 Å². The summed E-state index contributed by atoms with van der Waals surface area (Å²) in [4.78, 5) is 11.1. The minimum Gasteiger partial charge on any atom is -0.455 e. The molecule has 144 valence electrons. The number of allylic oxidation sites excluding steroid dienone is 3. The van der Waals surface area contributed by atoms with Gasteiger partial charge in [-0.3, -0.25) is 0 Å². The van der Waals surface area contributed by atoms with E-state index < -0.39 is 12.2 Å². The highest BCUT2D eigenvalue weighted by molar-refractivity contribution is 5.82. The Morgan fingerprint density at radius 2 is 1.93 bits per heavy atom. The van der Waals surface area contributed by atoms with Gasteiger partial charge in [-0.15, -0.1) is 0 Å². The first-order valence-corrected chi connectivity index (χ1v) is 9.41. The number of cyclic esters (lactones) is 1. The van der Waals surface area contributed by atoms with E-state index >= 15 is 0 Å². The highest BCUT2D eigenvalue weighted by Gasteiger charge is 2.12. The van der Waals surface area contributed by atoms with Gasteiger partial charge in [0.1, 0.15) is 6.10 Å². The maximum Gasteiger partial charge on any atom is 0.331 e. The third kappa shape index (κ3) is 9.18. The minimum absolute atomic E-state index is 0.220. The fraction of sp³-hybridized carbons (Fsp3) is 0.348. The van der Waals surface area contributed by atoms with E-state index in [4.69, 9.17) is 4.74 Å². The van der Waals surface area contributed by atoms with Crippen molar-refractivity contribution in [1.82, 2.24) is 0 Å². The third-order valence-electron chi connectivity index (χ3n) is 4.19. The molecule has 4 nitrogen and oxygen atoms in total. The van der Waals surface area contributed by atoms with E-state index in [0.29, 0.717) is 25.7 Å². The Hall–Kier alpha value is -2.43. The van der Waals surface area contributed by atoms with Crippen molar-refractivity contribution in [2.75, 3.05) is 0 Å². The Bertz CT molecular complexity index is 673. The second-order valence-corrected chi connectivity index (χ2v) is 6.60. The topological polar surface area (TPSA) is 66.8 Å². The quantitative estimate of drug-likeness (QED) is 0.484. The van der Waals surface area contributed by atoms with Crippen LogP contribution in [0, 0.1) is 0 Å². The number of carbonyl (C=O) groups is 1. The van der Waals surface area contributed by atoms with Crippen LogP contribution in [0.25, 0.3) is 6.08 Å². The number of carbonyl (C=O) groups excluding carboxylic acids is 1. The summed E-state index contributed by atoms with van der Waals surface area (Å²) in [5, 5.41) is 20.0. The number of ether oxygens (including phenoxy) is 1. The van der Waals surface area contributed by atoms with Gasteiger partial charge in [0.05, 0.1) is 12.2 Å². The Morgan fingerprint density at radius 3 is 2.70 bits per heavy atom. The van der Waals surface area contributed by atoms with Crippen LogP contribution in [-0.2, 0) is 9.53 Å². The van der Waals surface area contributed by atoms with Gasteiger partial charge in [-0.25, -0.2) is 4.79 Å². The van der Waals surface area contributed by atoms with E-state index in [9.17, 15) is 15.0 Å². The molecule has 0 amide bonds. The molecule has 0 aromatic heterocycles. The standard InChI is InChI=1S/C23H28O4/c24-20(13-5-2-6-15-22-16-9-17-23(26)27-22)18-21(25)14-8-7-12-19-10-3-1-4-11-19/h1-7,9-12,15,17,20-22,24-25H,8,13-14,16,18H2/b5-2+,12-7+,15-6+/t20-,21-,22-/m0/s1. The van der Waals surface area contributed by atoms with Crippen molar-refractivity contribution in [2.45, 2.75) is 50.4 Å². The van der Waals surface area contributed by atoms with Crippen LogP contribution in [0.1, 0.15) is 37.7 Å². The molecular weight excluding hydrogens is 340 g/mol. The summed E-state index contributed by atoms with van der Waals surface area (Å²) in [6.45, 7) is 0. The molecule has 0 bridgehead atoms. The SMILES string of the molecule is O=C1C=CC[C@H](/C=C/C=C/C[C@H](O)C[C@@H](O)CC/C=C/c2ccccc2)O1. The normalized spacial score (nSPS) is 19.8. The van der Waals surface area contributed by atoms with Crippen molar-refractivity contribution in [3.63, 3.8) is 0 Å². The molecule has 0 spiro atoms. The summed E-state index contributed by atoms with van der Waals surface area (Å²) < 4.78 is 5.11. The van der Waals surface area contributed by atoms with E-state index in [1.807, 2.05) is 66.8 Å². The van der Waals surface area contributed by atoms with Gasteiger partial charge in [-0.2, -0.15) is 0 Å². The number of rotatable bonds is 10. The predicted molar refractivity (Wildman–Crippen MR) is 108 cm³/mol. The predicted octanol–water partition coefficient (Wildman–Crippen LogP) is 3.97. The summed E-state index contributed by atoms with van der Waals surface area (Å²) in [6.07, 6.45) is 16.2. The van der Waals surface area contributed by atoms with Crippen LogP contribution < -0.4 is 0 Å². The van der Waals surface area contributed by atoms with Crippen LogP contribution >= 0.6 is 0 Å². The van der Waals surface area contributed by atoms with Gasteiger partial charge in [0, 0.05) is 12.5 Å². The molecule has 1 aliphatic rings. The van der Waals surface area contributed by atoms with Crippen LogP contribution in [-0.4, -0.2) is 34.5 Å². The lowest BCUT2D eigenvalue weighted by Gasteiger charge is -2.14. The largest absolute Gasteiger partial charge is 0.455 e. The highest BCUT2D eigenvalue weighted by Crippen LogP contribution is 2.11. The first kappa shape index (κ1) is 20.9. The highest BCUT2D eigenvalue weighted by atomic mass is 16.5. The molecule has 0 saturated heterocycles. The van der Waals surface area contributed by atoms with Crippen molar-refractivity contribution in [1.29, 1.82) is 0 Å². The average Bonchev–Trinajstić information content (AvgIpc) is 2.66. The first-order valence-electron chi connectivity index (χ1n) is 9.41. The molecule has 4 heteroatoms. The fourth-order valence-corrected chi connectivity index (χ4v) is 2.76. The van der Waals surface area contributed by atoms with Gasteiger partial charge in [-0.1, -0.05) is 66.8 Å². The molecule has 0 aliphatic carbocycles. The fourth-order valence-electron chi connectivity index (χ4n) is 2.76. The lowest BCUT2D eigenvalue weighted by Crippen LogP contribution is -2.17. The number of benzene rings is 1. The van der Waals surface area contributed by atoms with Gasteiger partial charge < -0.3 is 14.9 Å². The summed E-state index contributed by atoms with van der Waals surface area (Å²) in [5.74, 6) is -0.317. The summed E-state index contributed by atoms with van der Waals surface area (Å²) in [7, 11) is 0. The molecule has 0 fully saturated rings. The van der Waals surface area contributed by atoms with Crippen molar-refractivity contribution in [2.24, 2.45) is 0 Å². The Balaban J connectivity index is 1.59. The third-order valence-corrected chi connectivity index (χ3v) is 4.19. The van der Waals surface area contributed by atoms with Gasteiger partial charge in [0.2, 0.25) is 0 Å². The monoisotopic (exact) mass is 368 g/mol. The Labute approximate surface area is 161 Å². The van der Waals surface area contributed by atoms with Crippen molar-refractivity contribution in [3.8, 4) is 0 Å². The van der Waals surface area contributed by atoms with Crippen molar-refractivity contribution >= 4 is 12.0 Å². The minimum atomic E-state index is -0.571. The number of hydrogen-bond donors (Lipinski definition) is 2. The van der Waals surface area contributed by atoms with Gasteiger partial charge in [0.25, 0.3) is 0 Å². The molecule has 1 aromatic carbocycles. The maximum atomic E-state index is 11.1.